The van der Waals surface area contributed by atoms with Gasteiger partial charge in [0.1, 0.15) is 5.69 Å². The zero-order valence-corrected chi connectivity index (χ0v) is 14.7. The Morgan fingerprint density at radius 3 is 2.75 bits per heavy atom. The number of aryl methyl sites for hydroxylation is 1. The summed E-state index contributed by atoms with van der Waals surface area (Å²) in [6.45, 7) is 2.87. The highest BCUT2D eigenvalue weighted by Gasteiger charge is 2.24. The smallest absolute Gasteiger partial charge is 0.161 e. The third-order valence-electron chi connectivity index (χ3n) is 2.96. The minimum absolute atomic E-state index is 0.0927. The van der Waals surface area contributed by atoms with Crippen molar-refractivity contribution in [3.63, 3.8) is 0 Å². The van der Waals surface area contributed by atoms with Crippen molar-refractivity contribution in [2.24, 2.45) is 7.05 Å². The molecule has 0 aliphatic heterocycles. The van der Waals surface area contributed by atoms with Gasteiger partial charge in [0.25, 0.3) is 0 Å². The van der Waals surface area contributed by atoms with Crippen LogP contribution in [0.3, 0.4) is 0 Å². The minimum atomic E-state index is -0.0927. The molecule has 1 atom stereocenters. The quantitative estimate of drug-likeness (QED) is 0.833. The number of halogens is 2. The number of hydrogen-bond donors (Lipinski definition) is 1. The van der Waals surface area contributed by atoms with Gasteiger partial charge in [-0.1, -0.05) is 6.92 Å². The van der Waals surface area contributed by atoms with Crippen molar-refractivity contribution < 1.29 is 4.74 Å². The van der Waals surface area contributed by atoms with E-state index in [1.165, 1.54) is 0 Å². The minimum Gasteiger partial charge on any atom is -0.493 e. The summed E-state index contributed by atoms with van der Waals surface area (Å²) in [6.07, 6.45) is 3.50. The Kier molecular flexibility index (Phi) is 5.17. The van der Waals surface area contributed by atoms with Crippen molar-refractivity contribution in [3.8, 4) is 5.75 Å². The van der Waals surface area contributed by atoms with Gasteiger partial charge in [0.15, 0.2) is 5.75 Å². The maximum Gasteiger partial charge on any atom is 0.161 e. The number of pyridine rings is 1. The first-order valence-corrected chi connectivity index (χ1v) is 7.77. The Balaban J connectivity index is 2.53. The lowest BCUT2D eigenvalue weighted by Gasteiger charge is -2.20. The van der Waals surface area contributed by atoms with Crippen LogP contribution >= 0.6 is 31.9 Å². The standard InChI is InChI=1S/C13H16Br2N4O/c1-4-16-12(11-9(15)5-8(14)6-17-11)13-10(20-3)7-18-19(13)2/h5-7,12,16H,4H2,1-3H3. The predicted molar refractivity (Wildman–Crippen MR) is 84.9 cm³/mol. The summed E-state index contributed by atoms with van der Waals surface area (Å²) in [5, 5.41) is 7.69. The second-order valence-corrected chi connectivity index (χ2v) is 6.00. The van der Waals surface area contributed by atoms with Gasteiger partial charge in [-0.25, -0.2) is 0 Å². The zero-order chi connectivity index (χ0) is 14.7. The average molecular weight is 404 g/mol. The van der Waals surface area contributed by atoms with Gasteiger partial charge in [0.2, 0.25) is 0 Å². The second-order valence-electron chi connectivity index (χ2n) is 4.23. The largest absolute Gasteiger partial charge is 0.493 e. The summed E-state index contributed by atoms with van der Waals surface area (Å²) in [5.41, 5.74) is 1.85. The summed E-state index contributed by atoms with van der Waals surface area (Å²) in [6, 6.07) is 1.89. The Labute approximate surface area is 135 Å². The number of nitrogens with zero attached hydrogens (tertiary/aromatic N) is 3. The van der Waals surface area contributed by atoms with Crippen molar-refractivity contribution in [2.45, 2.75) is 13.0 Å². The molecule has 2 rings (SSSR count). The van der Waals surface area contributed by atoms with E-state index in [0.29, 0.717) is 0 Å². The van der Waals surface area contributed by atoms with Crippen LogP contribution in [0, 0.1) is 0 Å². The van der Waals surface area contributed by atoms with Crippen molar-refractivity contribution >= 4 is 31.9 Å². The van der Waals surface area contributed by atoms with Gasteiger partial charge in [-0.15, -0.1) is 0 Å². The average Bonchev–Trinajstić information content (AvgIpc) is 2.78. The topological polar surface area (TPSA) is 52.0 Å². The summed E-state index contributed by atoms with van der Waals surface area (Å²) in [4.78, 5) is 4.52. The lowest BCUT2D eigenvalue weighted by Crippen LogP contribution is -2.26. The van der Waals surface area contributed by atoms with Gasteiger partial charge in [0, 0.05) is 22.2 Å². The molecule has 7 heteroatoms. The lowest BCUT2D eigenvalue weighted by atomic mass is 10.1. The van der Waals surface area contributed by atoms with Gasteiger partial charge in [-0.05, 0) is 44.5 Å². The summed E-state index contributed by atoms with van der Waals surface area (Å²) >= 11 is 6.99. The van der Waals surface area contributed by atoms with E-state index in [2.05, 4.69) is 54.2 Å². The number of methoxy groups -OCH3 is 1. The van der Waals surface area contributed by atoms with Crippen LogP contribution in [0.2, 0.25) is 0 Å². The molecule has 0 saturated heterocycles. The highest BCUT2D eigenvalue weighted by molar-refractivity contribution is 9.11. The first-order chi connectivity index (χ1) is 9.58. The van der Waals surface area contributed by atoms with E-state index in [0.717, 1.165) is 32.6 Å². The molecule has 0 bridgehead atoms. The summed E-state index contributed by atoms with van der Waals surface area (Å²) in [7, 11) is 3.54. The molecule has 0 spiro atoms. The summed E-state index contributed by atoms with van der Waals surface area (Å²) in [5.74, 6) is 0.745. The predicted octanol–water partition coefficient (Wildman–Crippen LogP) is 3.05. The molecule has 1 N–H and O–H groups in total. The van der Waals surface area contributed by atoms with Crippen molar-refractivity contribution in [3.05, 3.63) is 38.8 Å². The van der Waals surface area contributed by atoms with E-state index in [1.807, 2.05) is 17.8 Å². The number of rotatable bonds is 5. The molecular formula is C13H16Br2N4O. The molecular weight excluding hydrogens is 388 g/mol. The molecule has 0 amide bonds. The first-order valence-electron chi connectivity index (χ1n) is 6.18. The SMILES string of the molecule is CCNC(c1ncc(Br)cc1Br)c1c(OC)cnn1C. The van der Waals surface area contributed by atoms with Crippen LogP contribution in [0.15, 0.2) is 27.4 Å². The van der Waals surface area contributed by atoms with Crippen LogP contribution in [-0.4, -0.2) is 28.4 Å². The lowest BCUT2D eigenvalue weighted by molar-refractivity contribution is 0.400. The van der Waals surface area contributed by atoms with Gasteiger partial charge >= 0.3 is 0 Å². The molecule has 20 heavy (non-hydrogen) atoms. The maximum atomic E-state index is 5.40. The molecule has 0 fully saturated rings. The molecule has 108 valence electrons. The van der Waals surface area contributed by atoms with E-state index in [9.17, 15) is 0 Å². The highest BCUT2D eigenvalue weighted by atomic mass is 79.9. The first kappa shape index (κ1) is 15.5. The van der Waals surface area contributed by atoms with Gasteiger partial charge in [-0.3, -0.25) is 9.67 Å². The van der Waals surface area contributed by atoms with E-state index in [1.54, 1.807) is 19.5 Å². The Morgan fingerprint density at radius 2 is 2.15 bits per heavy atom. The van der Waals surface area contributed by atoms with Crippen LogP contribution < -0.4 is 10.1 Å². The molecule has 2 aromatic rings. The fraction of sp³-hybridized carbons (Fsp3) is 0.385. The number of hydrogen-bond acceptors (Lipinski definition) is 4. The monoisotopic (exact) mass is 402 g/mol. The number of ether oxygens (including phenoxy) is 1. The normalized spacial score (nSPS) is 12.4. The Morgan fingerprint density at radius 1 is 1.40 bits per heavy atom. The molecule has 0 radical (unpaired) electrons. The molecule has 0 aliphatic rings. The molecule has 0 saturated carbocycles. The van der Waals surface area contributed by atoms with Crippen molar-refractivity contribution in [1.29, 1.82) is 0 Å². The molecule has 0 aromatic carbocycles. The third-order valence-corrected chi connectivity index (χ3v) is 4.03. The highest BCUT2D eigenvalue weighted by Crippen LogP contribution is 2.33. The van der Waals surface area contributed by atoms with Crippen LogP contribution in [0.25, 0.3) is 0 Å². The fourth-order valence-corrected chi connectivity index (χ4v) is 3.29. The fourth-order valence-electron chi connectivity index (χ4n) is 2.08. The zero-order valence-electron chi connectivity index (χ0n) is 11.5. The molecule has 5 nitrogen and oxygen atoms in total. The molecule has 2 heterocycles. The second kappa shape index (κ2) is 6.69. The van der Waals surface area contributed by atoms with Crippen LogP contribution in [-0.2, 0) is 7.05 Å². The molecule has 0 aliphatic carbocycles. The Bertz CT molecular complexity index is 600. The van der Waals surface area contributed by atoms with E-state index < -0.39 is 0 Å². The third kappa shape index (κ3) is 3.05. The van der Waals surface area contributed by atoms with Crippen molar-refractivity contribution in [2.75, 3.05) is 13.7 Å². The van der Waals surface area contributed by atoms with Gasteiger partial charge in [0.05, 0.1) is 25.0 Å². The van der Waals surface area contributed by atoms with Crippen LogP contribution in [0.1, 0.15) is 24.4 Å². The van der Waals surface area contributed by atoms with E-state index >= 15 is 0 Å². The van der Waals surface area contributed by atoms with Crippen LogP contribution in [0.5, 0.6) is 5.75 Å². The van der Waals surface area contributed by atoms with Crippen molar-refractivity contribution in [1.82, 2.24) is 20.1 Å². The van der Waals surface area contributed by atoms with E-state index in [-0.39, 0.29) is 6.04 Å². The van der Waals surface area contributed by atoms with E-state index in [4.69, 9.17) is 4.74 Å². The number of aromatic nitrogens is 3. The van der Waals surface area contributed by atoms with Gasteiger partial charge in [-0.2, -0.15) is 5.10 Å². The van der Waals surface area contributed by atoms with Gasteiger partial charge < -0.3 is 10.1 Å². The molecule has 1 unspecified atom stereocenters. The maximum absolute atomic E-state index is 5.40. The molecule has 2 aromatic heterocycles. The summed E-state index contributed by atoms with van der Waals surface area (Å²) < 4.78 is 9.07. The Hall–Kier alpha value is -0.920. The van der Waals surface area contributed by atoms with Crippen LogP contribution in [0.4, 0.5) is 0 Å². The number of nitrogens with one attached hydrogen (secondary N) is 1.